The topological polar surface area (TPSA) is 69.9 Å². The highest BCUT2D eigenvalue weighted by Crippen LogP contribution is 2.16. The van der Waals surface area contributed by atoms with Crippen LogP contribution in [0.3, 0.4) is 0 Å². The maximum atomic E-state index is 9.11. The molecule has 1 aromatic rings. The van der Waals surface area contributed by atoms with E-state index in [1.165, 1.54) is 0 Å². The lowest BCUT2D eigenvalue weighted by atomic mass is 9.93. The van der Waals surface area contributed by atoms with Crippen LogP contribution in [0, 0.1) is 8.99 Å². The molecule has 0 heterocycles. The van der Waals surface area contributed by atoms with E-state index in [9.17, 15) is 0 Å². The van der Waals surface area contributed by atoms with E-state index in [2.05, 4.69) is 22.6 Å². The van der Waals surface area contributed by atoms with Gasteiger partial charge in [0.1, 0.15) is 0 Å². The third-order valence-electron chi connectivity index (χ3n) is 2.60. The Morgan fingerprint density at radius 1 is 1.00 bits per heavy atom. The molecular weight excluding hydrogens is 335 g/mol. The molecule has 0 saturated carbocycles. The Bertz CT molecular complexity index is 314. The maximum Gasteiger partial charge on any atom is 0.0717 e. The summed E-state index contributed by atoms with van der Waals surface area (Å²) in [7, 11) is 0. The standard InChI is InChI=1S/C12H17IO4/c13-11-3-1-10(2-4-11)5-17-9-12(6-14,7-15)8-16/h1-4,14-16H,5-9H2. The Kier molecular flexibility index (Phi) is 6.35. The molecule has 96 valence electrons. The molecular formula is C12H17IO4. The van der Waals surface area contributed by atoms with Crippen LogP contribution >= 0.6 is 22.6 Å². The van der Waals surface area contributed by atoms with Crippen molar-refractivity contribution in [1.29, 1.82) is 0 Å². The highest BCUT2D eigenvalue weighted by Gasteiger charge is 2.28. The van der Waals surface area contributed by atoms with Gasteiger partial charge in [0.25, 0.3) is 0 Å². The van der Waals surface area contributed by atoms with Crippen molar-refractivity contribution in [2.75, 3.05) is 26.4 Å². The molecule has 0 bridgehead atoms. The fourth-order valence-corrected chi connectivity index (χ4v) is 1.61. The van der Waals surface area contributed by atoms with Gasteiger partial charge in [-0.05, 0) is 40.3 Å². The van der Waals surface area contributed by atoms with Gasteiger partial charge in [0.05, 0.1) is 38.4 Å². The molecule has 3 N–H and O–H groups in total. The van der Waals surface area contributed by atoms with E-state index in [0.717, 1.165) is 9.13 Å². The lowest BCUT2D eigenvalue weighted by Gasteiger charge is -2.26. The zero-order valence-corrected chi connectivity index (χ0v) is 11.6. The van der Waals surface area contributed by atoms with E-state index < -0.39 is 5.41 Å². The third-order valence-corrected chi connectivity index (χ3v) is 3.32. The second-order valence-corrected chi connectivity index (χ2v) is 5.34. The molecule has 0 amide bonds. The zero-order chi connectivity index (χ0) is 12.7. The Balaban J connectivity index is 2.43. The van der Waals surface area contributed by atoms with Crippen LogP contribution < -0.4 is 0 Å². The van der Waals surface area contributed by atoms with Crippen LogP contribution in [-0.4, -0.2) is 41.7 Å². The number of rotatable bonds is 7. The number of benzene rings is 1. The molecule has 0 aliphatic rings. The molecule has 0 aromatic heterocycles. The summed E-state index contributed by atoms with van der Waals surface area (Å²) < 4.78 is 6.57. The lowest BCUT2D eigenvalue weighted by Crippen LogP contribution is -2.38. The molecule has 0 radical (unpaired) electrons. The molecule has 4 nitrogen and oxygen atoms in total. The molecule has 0 aliphatic carbocycles. The van der Waals surface area contributed by atoms with Gasteiger partial charge in [-0.2, -0.15) is 0 Å². The zero-order valence-electron chi connectivity index (χ0n) is 9.47. The van der Waals surface area contributed by atoms with Crippen molar-refractivity contribution < 1.29 is 20.1 Å². The number of ether oxygens (including phenoxy) is 1. The van der Waals surface area contributed by atoms with Gasteiger partial charge in [0, 0.05) is 3.57 Å². The molecule has 0 aliphatic heterocycles. The van der Waals surface area contributed by atoms with Gasteiger partial charge >= 0.3 is 0 Å². The average molecular weight is 352 g/mol. The maximum absolute atomic E-state index is 9.11. The first-order valence-electron chi connectivity index (χ1n) is 5.30. The number of hydrogen-bond acceptors (Lipinski definition) is 4. The molecule has 0 spiro atoms. The molecule has 17 heavy (non-hydrogen) atoms. The summed E-state index contributed by atoms with van der Waals surface area (Å²) in [4.78, 5) is 0. The monoisotopic (exact) mass is 352 g/mol. The van der Waals surface area contributed by atoms with Crippen LogP contribution in [0.2, 0.25) is 0 Å². The average Bonchev–Trinajstić information content (AvgIpc) is 2.38. The summed E-state index contributed by atoms with van der Waals surface area (Å²) in [5, 5.41) is 27.3. The van der Waals surface area contributed by atoms with Gasteiger partial charge in [-0.25, -0.2) is 0 Å². The molecule has 0 atom stereocenters. The molecule has 0 unspecified atom stereocenters. The van der Waals surface area contributed by atoms with Crippen molar-refractivity contribution in [3.63, 3.8) is 0 Å². The van der Waals surface area contributed by atoms with Crippen LogP contribution in [0.1, 0.15) is 5.56 Å². The van der Waals surface area contributed by atoms with Gasteiger partial charge in [-0.3, -0.25) is 0 Å². The Labute approximate surface area is 114 Å². The van der Waals surface area contributed by atoms with Crippen LogP contribution in [0.25, 0.3) is 0 Å². The van der Waals surface area contributed by atoms with Gasteiger partial charge in [-0.15, -0.1) is 0 Å². The summed E-state index contributed by atoms with van der Waals surface area (Å²) in [6.45, 7) is -0.368. The molecule has 5 heteroatoms. The predicted octanol–water partition coefficient (Wildman–Crippen LogP) is 0.771. The molecule has 0 saturated heterocycles. The Morgan fingerprint density at radius 3 is 2.00 bits per heavy atom. The number of halogens is 1. The van der Waals surface area contributed by atoms with E-state index in [1.807, 2.05) is 24.3 Å². The Morgan fingerprint density at radius 2 is 1.53 bits per heavy atom. The highest BCUT2D eigenvalue weighted by atomic mass is 127. The minimum absolute atomic E-state index is 0.127. The van der Waals surface area contributed by atoms with E-state index in [0.29, 0.717) is 6.61 Å². The van der Waals surface area contributed by atoms with Crippen LogP contribution in [0.5, 0.6) is 0 Å². The third kappa shape index (κ3) is 4.51. The second kappa shape index (κ2) is 7.27. The SMILES string of the molecule is OCC(CO)(CO)COCc1ccc(I)cc1. The first-order valence-corrected chi connectivity index (χ1v) is 6.38. The number of hydrogen-bond donors (Lipinski definition) is 3. The minimum Gasteiger partial charge on any atom is -0.396 e. The van der Waals surface area contributed by atoms with Gasteiger partial charge < -0.3 is 20.1 Å². The van der Waals surface area contributed by atoms with Crippen molar-refractivity contribution in [3.8, 4) is 0 Å². The molecule has 1 rings (SSSR count). The number of aliphatic hydroxyl groups is 3. The minimum atomic E-state index is -0.955. The summed E-state index contributed by atoms with van der Waals surface area (Å²) >= 11 is 2.23. The fraction of sp³-hybridized carbons (Fsp3) is 0.500. The van der Waals surface area contributed by atoms with Crippen molar-refractivity contribution in [1.82, 2.24) is 0 Å². The largest absolute Gasteiger partial charge is 0.396 e. The van der Waals surface area contributed by atoms with Crippen molar-refractivity contribution in [2.45, 2.75) is 6.61 Å². The Hall–Kier alpha value is -0.210. The molecule has 1 aromatic carbocycles. The number of aliphatic hydroxyl groups excluding tert-OH is 3. The van der Waals surface area contributed by atoms with Crippen molar-refractivity contribution in [2.24, 2.45) is 5.41 Å². The molecule has 0 fully saturated rings. The van der Waals surface area contributed by atoms with E-state index >= 15 is 0 Å². The smallest absolute Gasteiger partial charge is 0.0717 e. The van der Waals surface area contributed by atoms with Crippen molar-refractivity contribution >= 4 is 22.6 Å². The van der Waals surface area contributed by atoms with Crippen LogP contribution in [0.4, 0.5) is 0 Å². The summed E-state index contributed by atoms with van der Waals surface area (Å²) in [5.74, 6) is 0. The first-order chi connectivity index (χ1) is 8.15. The van der Waals surface area contributed by atoms with E-state index in [-0.39, 0.29) is 26.4 Å². The van der Waals surface area contributed by atoms with Crippen LogP contribution in [-0.2, 0) is 11.3 Å². The quantitative estimate of drug-likeness (QED) is 0.634. The van der Waals surface area contributed by atoms with Crippen LogP contribution in [0.15, 0.2) is 24.3 Å². The van der Waals surface area contributed by atoms with Gasteiger partial charge in [-0.1, -0.05) is 12.1 Å². The second-order valence-electron chi connectivity index (χ2n) is 4.09. The van der Waals surface area contributed by atoms with Gasteiger partial charge in [0.2, 0.25) is 0 Å². The summed E-state index contributed by atoms with van der Waals surface area (Å²) in [6, 6.07) is 7.88. The predicted molar refractivity (Wildman–Crippen MR) is 72.5 cm³/mol. The highest BCUT2D eigenvalue weighted by molar-refractivity contribution is 14.1. The first kappa shape index (κ1) is 14.8. The summed E-state index contributed by atoms with van der Waals surface area (Å²) in [5.41, 5.74) is 0.0663. The van der Waals surface area contributed by atoms with Gasteiger partial charge in [0.15, 0.2) is 0 Å². The van der Waals surface area contributed by atoms with E-state index in [1.54, 1.807) is 0 Å². The fourth-order valence-electron chi connectivity index (χ4n) is 1.25. The normalized spacial score (nSPS) is 11.8. The van der Waals surface area contributed by atoms with E-state index in [4.69, 9.17) is 20.1 Å². The summed E-state index contributed by atoms with van der Waals surface area (Å²) in [6.07, 6.45) is 0. The lowest BCUT2D eigenvalue weighted by molar-refractivity contribution is -0.0621. The van der Waals surface area contributed by atoms with Crippen molar-refractivity contribution in [3.05, 3.63) is 33.4 Å².